The highest BCUT2D eigenvalue weighted by atomic mass is 35.5. The molecule has 3 heteroatoms. The predicted molar refractivity (Wildman–Crippen MR) is 69.6 cm³/mol. The first-order valence-corrected chi connectivity index (χ1v) is 6.01. The molecule has 90 valence electrons. The number of rotatable bonds is 0. The van der Waals surface area contributed by atoms with E-state index in [0.717, 1.165) is 0 Å². The van der Waals surface area contributed by atoms with E-state index in [4.69, 9.17) is 11.6 Å². The minimum atomic E-state index is -0.846. The summed E-state index contributed by atoms with van der Waals surface area (Å²) in [5.74, 6) is -1.69. The Morgan fingerprint density at radius 1 is 0.722 bits per heavy atom. The first-order valence-electron chi connectivity index (χ1n) is 5.58. The Bertz CT molecular complexity index is 591. The van der Waals surface area contributed by atoms with Gasteiger partial charge in [0.15, 0.2) is 11.7 Å². The average molecular weight is 263 g/mol. The highest BCUT2D eigenvalue weighted by Gasteiger charge is 2.27. The van der Waals surface area contributed by atoms with Gasteiger partial charge in [-0.25, -0.2) is 8.78 Å². The Morgan fingerprint density at radius 2 is 1.11 bits per heavy atom. The number of hydrogen-bond donors (Lipinski definition) is 0. The van der Waals surface area contributed by atoms with Crippen molar-refractivity contribution in [1.82, 2.24) is 0 Å². The first-order chi connectivity index (χ1) is 8.70. The van der Waals surface area contributed by atoms with Crippen LogP contribution in [0.4, 0.5) is 8.78 Å². The van der Waals surface area contributed by atoms with Gasteiger partial charge in [0.2, 0.25) is 0 Å². The van der Waals surface area contributed by atoms with Gasteiger partial charge in [0.25, 0.3) is 0 Å². The fourth-order valence-electron chi connectivity index (χ4n) is 2.24. The molecule has 0 amide bonds. The van der Waals surface area contributed by atoms with Crippen LogP contribution in [0.2, 0.25) is 0 Å². The molecule has 2 aromatic rings. The van der Waals surface area contributed by atoms with E-state index < -0.39 is 17.0 Å². The molecular formula is C15H9ClF2. The van der Waals surface area contributed by atoms with Crippen molar-refractivity contribution in [2.75, 3.05) is 0 Å². The molecule has 0 aromatic heterocycles. The van der Waals surface area contributed by atoms with E-state index in [1.807, 2.05) is 0 Å². The van der Waals surface area contributed by atoms with Gasteiger partial charge in [-0.05, 0) is 11.1 Å². The lowest BCUT2D eigenvalue weighted by molar-refractivity contribution is 0.701. The third-order valence-electron chi connectivity index (χ3n) is 3.13. The molecule has 1 aliphatic carbocycles. The number of halogens is 3. The van der Waals surface area contributed by atoms with Crippen LogP contribution in [0.25, 0.3) is 11.7 Å². The van der Waals surface area contributed by atoms with Crippen molar-refractivity contribution in [3.63, 3.8) is 0 Å². The fourth-order valence-corrected chi connectivity index (χ4v) is 2.62. The Hall–Kier alpha value is -1.67. The number of benzene rings is 2. The topological polar surface area (TPSA) is 0 Å². The van der Waals surface area contributed by atoms with Crippen molar-refractivity contribution >= 4 is 23.3 Å². The van der Waals surface area contributed by atoms with Crippen LogP contribution in [-0.2, 0) is 0 Å². The molecular weight excluding hydrogens is 254 g/mol. The van der Waals surface area contributed by atoms with Gasteiger partial charge in [-0.15, -0.1) is 11.6 Å². The van der Waals surface area contributed by atoms with Crippen LogP contribution in [0.5, 0.6) is 0 Å². The summed E-state index contributed by atoms with van der Waals surface area (Å²) < 4.78 is 28.3. The second kappa shape index (κ2) is 4.21. The van der Waals surface area contributed by atoms with Crippen molar-refractivity contribution in [1.29, 1.82) is 0 Å². The van der Waals surface area contributed by atoms with E-state index in [2.05, 4.69) is 0 Å². The van der Waals surface area contributed by atoms with E-state index in [1.165, 1.54) is 0 Å². The number of fused-ring (bicyclic) bond motifs is 2. The highest BCUT2D eigenvalue weighted by molar-refractivity contribution is 6.23. The summed E-state index contributed by atoms with van der Waals surface area (Å²) in [4.78, 5) is 0. The Kier molecular flexibility index (Phi) is 2.67. The standard InChI is InChI=1S/C15H9ClF2/c16-13-9-5-1-3-7-11(9)14(17)15(18)12-8-4-2-6-10(12)13/h1-8,13H. The summed E-state index contributed by atoms with van der Waals surface area (Å²) >= 11 is 6.35. The Morgan fingerprint density at radius 3 is 1.56 bits per heavy atom. The maximum Gasteiger partial charge on any atom is 0.167 e. The summed E-state index contributed by atoms with van der Waals surface area (Å²) in [6, 6.07) is 13.4. The predicted octanol–water partition coefficient (Wildman–Crippen LogP) is 5.09. The maximum absolute atomic E-state index is 14.1. The second-order valence-corrected chi connectivity index (χ2v) is 4.60. The van der Waals surface area contributed by atoms with Crippen LogP contribution >= 0.6 is 11.6 Å². The molecule has 0 radical (unpaired) electrons. The number of alkyl halides is 1. The molecule has 0 atom stereocenters. The number of hydrogen-bond acceptors (Lipinski definition) is 0. The maximum atomic E-state index is 14.1. The van der Waals surface area contributed by atoms with Crippen molar-refractivity contribution in [3.05, 3.63) is 70.8 Å². The van der Waals surface area contributed by atoms with Gasteiger partial charge in [-0.2, -0.15) is 0 Å². The lowest BCUT2D eigenvalue weighted by Gasteiger charge is -2.12. The smallest absolute Gasteiger partial charge is 0.167 e. The van der Waals surface area contributed by atoms with Crippen LogP contribution in [0, 0.1) is 0 Å². The fraction of sp³-hybridized carbons (Fsp3) is 0.0667. The van der Waals surface area contributed by atoms with Crippen molar-refractivity contribution in [3.8, 4) is 0 Å². The molecule has 0 spiro atoms. The van der Waals surface area contributed by atoms with Crippen LogP contribution in [0.15, 0.2) is 48.5 Å². The zero-order valence-electron chi connectivity index (χ0n) is 9.33. The molecule has 2 aromatic carbocycles. The molecule has 0 nitrogen and oxygen atoms in total. The molecule has 3 rings (SSSR count). The van der Waals surface area contributed by atoms with E-state index in [9.17, 15) is 8.78 Å². The minimum Gasteiger partial charge on any atom is -0.203 e. The van der Waals surface area contributed by atoms with Gasteiger partial charge < -0.3 is 0 Å². The third kappa shape index (κ3) is 1.57. The van der Waals surface area contributed by atoms with E-state index >= 15 is 0 Å². The normalized spacial score (nSPS) is 15.1. The van der Waals surface area contributed by atoms with Gasteiger partial charge >= 0.3 is 0 Å². The largest absolute Gasteiger partial charge is 0.203 e. The molecule has 0 fully saturated rings. The molecule has 0 saturated heterocycles. The third-order valence-corrected chi connectivity index (χ3v) is 3.60. The lowest BCUT2D eigenvalue weighted by Crippen LogP contribution is -1.96. The summed E-state index contributed by atoms with van der Waals surface area (Å²) in [7, 11) is 0. The van der Waals surface area contributed by atoms with E-state index in [-0.39, 0.29) is 11.1 Å². The van der Waals surface area contributed by atoms with Crippen molar-refractivity contribution < 1.29 is 8.78 Å². The molecule has 0 aliphatic heterocycles. The average Bonchev–Trinajstić information content (AvgIpc) is 2.51. The SMILES string of the molecule is FC1=C(F)c2ccccc2C(Cl)c2ccccc21. The quantitative estimate of drug-likeness (QED) is 0.580. The van der Waals surface area contributed by atoms with Gasteiger partial charge in [0.05, 0.1) is 5.38 Å². The minimum absolute atomic E-state index is 0.228. The van der Waals surface area contributed by atoms with Crippen LogP contribution in [-0.4, -0.2) is 0 Å². The summed E-state index contributed by atoms with van der Waals surface area (Å²) in [6.07, 6.45) is 0. The molecule has 0 unspecified atom stereocenters. The molecule has 0 heterocycles. The molecule has 0 N–H and O–H groups in total. The van der Waals surface area contributed by atoms with E-state index in [0.29, 0.717) is 11.1 Å². The molecule has 0 bridgehead atoms. The van der Waals surface area contributed by atoms with Crippen LogP contribution in [0.3, 0.4) is 0 Å². The Balaban J connectivity index is 2.39. The Labute approximate surface area is 109 Å². The zero-order chi connectivity index (χ0) is 12.7. The van der Waals surface area contributed by atoms with Gasteiger partial charge in [-0.3, -0.25) is 0 Å². The molecule has 1 aliphatic rings. The van der Waals surface area contributed by atoms with Gasteiger partial charge in [0.1, 0.15) is 0 Å². The van der Waals surface area contributed by atoms with Crippen molar-refractivity contribution in [2.24, 2.45) is 0 Å². The molecule has 18 heavy (non-hydrogen) atoms. The monoisotopic (exact) mass is 262 g/mol. The summed E-state index contributed by atoms with van der Waals surface area (Å²) in [6.45, 7) is 0. The van der Waals surface area contributed by atoms with Crippen LogP contribution in [0.1, 0.15) is 27.6 Å². The lowest BCUT2D eigenvalue weighted by atomic mass is 9.99. The highest BCUT2D eigenvalue weighted by Crippen LogP contribution is 2.44. The van der Waals surface area contributed by atoms with Gasteiger partial charge in [-0.1, -0.05) is 48.5 Å². The summed E-state index contributed by atoms with van der Waals surface area (Å²) in [5.41, 5.74) is 1.64. The van der Waals surface area contributed by atoms with Crippen LogP contribution < -0.4 is 0 Å². The second-order valence-electron chi connectivity index (χ2n) is 4.17. The summed E-state index contributed by atoms with van der Waals surface area (Å²) in [5, 5.41) is -0.545. The first kappa shape index (κ1) is 11.4. The van der Waals surface area contributed by atoms with Gasteiger partial charge in [0, 0.05) is 11.1 Å². The van der Waals surface area contributed by atoms with E-state index in [1.54, 1.807) is 48.5 Å². The van der Waals surface area contributed by atoms with Crippen molar-refractivity contribution in [2.45, 2.75) is 5.38 Å². The molecule has 0 saturated carbocycles. The zero-order valence-corrected chi connectivity index (χ0v) is 10.1.